The highest BCUT2D eigenvalue weighted by molar-refractivity contribution is 5.89. The smallest absolute Gasteiger partial charge is 0.337 e. The van der Waals surface area contributed by atoms with E-state index in [1.54, 1.807) is 13.8 Å². The average Bonchev–Trinajstić information content (AvgIpc) is 2.37. The van der Waals surface area contributed by atoms with Gasteiger partial charge < -0.3 is 5.11 Å². The van der Waals surface area contributed by atoms with Gasteiger partial charge >= 0.3 is 5.97 Å². The number of pyridine rings is 1. The minimum atomic E-state index is -1.08. The van der Waals surface area contributed by atoms with Crippen LogP contribution in [0.1, 0.15) is 35.8 Å². The highest BCUT2D eigenvalue weighted by Crippen LogP contribution is 2.26. The summed E-state index contributed by atoms with van der Waals surface area (Å²) in [6, 6.07) is 6.02. The standard InChI is InChI=1S/C15H13F2NO2/c1-8(2)14-11(15(19)20)5-6-13(18-14)10-4-3-9(16)7-12(10)17/h3-8H,1-2H3,(H,19,20). The minimum absolute atomic E-state index is 0.0891. The van der Waals surface area contributed by atoms with Crippen molar-refractivity contribution in [2.75, 3.05) is 0 Å². The van der Waals surface area contributed by atoms with Crippen LogP contribution in [0.3, 0.4) is 0 Å². The lowest BCUT2D eigenvalue weighted by Crippen LogP contribution is -2.07. The van der Waals surface area contributed by atoms with Crippen molar-refractivity contribution in [2.45, 2.75) is 19.8 Å². The van der Waals surface area contributed by atoms with Crippen molar-refractivity contribution in [3.8, 4) is 11.3 Å². The number of carboxylic acid groups (broad SMARTS) is 1. The molecular formula is C15H13F2NO2. The van der Waals surface area contributed by atoms with E-state index in [2.05, 4.69) is 4.98 Å². The van der Waals surface area contributed by atoms with Gasteiger partial charge in [0, 0.05) is 11.6 Å². The van der Waals surface area contributed by atoms with E-state index in [-0.39, 0.29) is 22.7 Å². The van der Waals surface area contributed by atoms with E-state index in [0.29, 0.717) is 5.69 Å². The monoisotopic (exact) mass is 277 g/mol. The minimum Gasteiger partial charge on any atom is -0.478 e. The van der Waals surface area contributed by atoms with Gasteiger partial charge in [-0.1, -0.05) is 13.8 Å². The van der Waals surface area contributed by atoms with Crippen LogP contribution in [0.5, 0.6) is 0 Å². The number of rotatable bonds is 3. The summed E-state index contributed by atoms with van der Waals surface area (Å²) in [4.78, 5) is 15.3. The van der Waals surface area contributed by atoms with Gasteiger partial charge in [-0.3, -0.25) is 4.98 Å². The fourth-order valence-corrected chi connectivity index (χ4v) is 1.94. The first-order valence-electron chi connectivity index (χ1n) is 6.10. The second-order valence-corrected chi connectivity index (χ2v) is 4.71. The maximum Gasteiger partial charge on any atom is 0.337 e. The van der Waals surface area contributed by atoms with Crippen LogP contribution in [0.4, 0.5) is 8.78 Å². The molecular weight excluding hydrogens is 264 g/mol. The molecule has 0 bridgehead atoms. The van der Waals surface area contributed by atoms with E-state index in [1.165, 1.54) is 18.2 Å². The van der Waals surface area contributed by atoms with Crippen LogP contribution >= 0.6 is 0 Å². The zero-order valence-electron chi connectivity index (χ0n) is 11.0. The summed E-state index contributed by atoms with van der Waals surface area (Å²) >= 11 is 0. The Morgan fingerprint density at radius 3 is 2.45 bits per heavy atom. The molecule has 2 rings (SSSR count). The molecule has 0 saturated carbocycles. The lowest BCUT2D eigenvalue weighted by Gasteiger charge is -2.11. The third kappa shape index (κ3) is 2.66. The van der Waals surface area contributed by atoms with Gasteiger partial charge in [0.2, 0.25) is 0 Å². The Labute approximate surface area is 114 Å². The summed E-state index contributed by atoms with van der Waals surface area (Å²) in [5, 5.41) is 9.10. The molecule has 1 aromatic carbocycles. The fraction of sp³-hybridized carbons (Fsp3) is 0.200. The zero-order chi connectivity index (χ0) is 14.9. The number of hydrogen-bond donors (Lipinski definition) is 1. The molecule has 0 saturated heterocycles. The molecule has 0 aliphatic carbocycles. The van der Waals surface area contributed by atoms with Gasteiger partial charge in [-0.15, -0.1) is 0 Å². The molecule has 0 radical (unpaired) electrons. The Balaban J connectivity index is 2.59. The van der Waals surface area contributed by atoms with E-state index >= 15 is 0 Å². The summed E-state index contributed by atoms with van der Waals surface area (Å²) in [6.07, 6.45) is 0. The molecule has 0 aliphatic rings. The molecule has 3 nitrogen and oxygen atoms in total. The van der Waals surface area contributed by atoms with Crippen LogP contribution in [-0.4, -0.2) is 16.1 Å². The summed E-state index contributed by atoms with van der Waals surface area (Å²) in [6.45, 7) is 3.61. The van der Waals surface area contributed by atoms with Gasteiger partial charge in [-0.2, -0.15) is 0 Å². The Kier molecular flexibility index (Phi) is 3.79. The number of hydrogen-bond acceptors (Lipinski definition) is 2. The summed E-state index contributed by atoms with van der Waals surface area (Å²) in [7, 11) is 0. The Bertz CT molecular complexity index is 669. The largest absolute Gasteiger partial charge is 0.478 e. The van der Waals surface area contributed by atoms with E-state index < -0.39 is 17.6 Å². The van der Waals surface area contributed by atoms with Crippen molar-refractivity contribution in [1.29, 1.82) is 0 Å². The van der Waals surface area contributed by atoms with Gasteiger partial charge in [0.25, 0.3) is 0 Å². The second kappa shape index (κ2) is 5.36. The molecule has 1 heterocycles. The maximum atomic E-state index is 13.7. The van der Waals surface area contributed by atoms with E-state index in [4.69, 9.17) is 5.11 Å². The number of carboxylic acids is 1. The molecule has 0 spiro atoms. The van der Waals surface area contributed by atoms with Crippen LogP contribution in [0, 0.1) is 11.6 Å². The molecule has 1 N–H and O–H groups in total. The fourth-order valence-electron chi connectivity index (χ4n) is 1.94. The van der Waals surface area contributed by atoms with Crippen LogP contribution in [0.25, 0.3) is 11.3 Å². The number of carbonyl (C=O) groups is 1. The predicted octanol–water partition coefficient (Wildman–Crippen LogP) is 3.85. The van der Waals surface area contributed by atoms with Crippen molar-refractivity contribution in [2.24, 2.45) is 0 Å². The molecule has 0 unspecified atom stereocenters. The van der Waals surface area contributed by atoms with Crippen molar-refractivity contribution in [1.82, 2.24) is 4.98 Å². The van der Waals surface area contributed by atoms with Crippen LogP contribution < -0.4 is 0 Å². The van der Waals surface area contributed by atoms with E-state index in [9.17, 15) is 13.6 Å². The van der Waals surface area contributed by atoms with Gasteiger partial charge in [0.15, 0.2) is 0 Å². The maximum absolute atomic E-state index is 13.7. The molecule has 2 aromatic rings. The molecule has 0 amide bonds. The molecule has 1 aromatic heterocycles. The first-order chi connectivity index (χ1) is 9.40. The lowest BCUT2D eigenvalue weighted by atomic mass is 10.0. The van der Waals surface area contributed by atoms with Gasteiger partial charge in [0.05, 0.1) is 17.0 Å². The highest BCUT2D eigenvalue weighted by atomic mass is 19.1. The van der Waals surface area contributed by atoms with Crippen LogP contribution in [0.2, 0.25) is 0 Å². The second-order valence-electron chi connectivity index (χ2n) is 4.71. The van der Waals surface area contributed by atoms with Gasteiger partial charge in [-0.25, -0.2) is 13.6 Å². The molecule has 0 atom stereocenters. The van der Waals surface area contributed by atoms with Crippen molar-refractivity contribution in [3.63, 3.8) is 0 Å². The third-order valence-corrected chi connectivity index (χ3v) is 2.91. The first-order valence-corrected chi connectivity index (χ1v) is 6.10. The topological polar surface area (TPSA) is 50.2 Å². The molecule has 0 aliphatic heterocycles. The average molecular weight is 277 g/mol. The number of nitrogens with zero attached hydrogens (tertiary/aromatic N) is 1. The normalized spacial score (nSPS) is 10.8. The van der Waals surface area contributed by atoms with Gasteiger partial charge in [-0.05, 0) is 30.2 Å². The van der Waals surface area contributed by atoms with Gasteiger partial charge in [0.1, 0.15) is 11.6 Å². The summed E-state index contributed by atoms with van der Waals surface area (Å²) in [5.74, 6) is -2.59. The van der Waals surface area contributed by atoms with Crippen LogP contribution in [0.15, 0.2) is 30.3 Å². The quantitative estimate of drug-likeness (QED) is 0.927. The Morgan fingerprint density at radius 2 is 1.90 bits per heavy atom. The van der Waals surface area contributed by atoms with E-state index in [0.717, 1.165) is 12.1 Å². The Hall–Kier alpha value is -2.30. The summed E-state index contributed by atoms with van der Waals surface area (Å²) < 4.78 is 26.6. The SMILES string of the molecule is CC(C)c1nc(-c2ccc(F)cc2F)ccc1C(=O)O. The number of aromatic carboxylic acids is 1. The van der Waals surface area contributed by atoms with Crippen molar-refractivity contribution in [3.05, 3.63) is 53.2 Å². The van der Waals surface area contributed by atoms with Crippen LogP contribution in [-0.2, 0) is 0 Å². The highest BCUT2D eigenvalue weighted by Gasteiger charge is 2.17. The van der Waals surface area contributed by atoms with E-state index in [1.807, 2.05) is 0 Å². The molecule has 5 heteroatoms. The molecule has 0 fully saturated rings. The third-order valence-electron chi connectivity index (χ3n) is 2.91. The number of halogens is 2. The number of benzene rings is 1. The zero-order valence-corrected chi connectivity index (χ0v) is 11.0. The molecule has 104 valence electrons. The lowest BCUT2D eigenvalue weighted by molar-refractivity contribution is 0.0694. The Morgan fingerprint density at radius 1 is 1.20 bits per heavy atom. The summed E-state index contributed by atoms with van der Waals surface area (Å²) in [5.41, 5.74) is 0.895. The first kappa shape index (κ1) is 14.1. The molecule has 20 heavy (non-hydrogen) atoms. The predicted molar refractivity (Wildman–Crippen MR) is 70.6 cm³/mol. The number of aromatic nitrogens is 1. The van der Waals surface area contributed by atoms with Crippen molar-refractivity contribution >= 4 is 5.97 Å². The van der Waals surface area contributed by atoms with Crippen molar-refractivity contribution < 1.29 is 18.7 Å².